The quantitative estimate of drug-likeness (QED) is 0.671. The van der Waals surface area contributed by atoms with Crippen LogP contribution in [-0.4, -0.2) is 32.0 Å². The monoisotopic (exact) mass is 396 g/mol. The lowest BCUT2D eigenvalue weighted by Gasteiger charge is -2.19. The van der Waals surface area contributed by atoms with Crippen molar-refractivity contribution >= 4 is 11.8 Å². The van der Waals surface area contributed by atoms with Gasteiger partial charge in [-0.05, 0) is 35.6 Å². The average Bonchev–Trinajstić information content (AvgIpc) is 2.66. The molecule has 0 spiro atoms. The highest BCUT2D eigenvalue weighted by Crippen LogP contribution is 2.22. The van der Waals surface area contributed by atoms with Crippen molar-refractivity contribution in [2.75, 3.05) is 14.1 Å². The topological polar surface area (TPSA) is 62.6 Å². The predicted octanol–water partition coefficient (Wildman–Crippen LogP) is 2.06. The first-order chi connectivity index (χ1) is 13.6. The van der Waals surface area contributed by atoms with Gasteiger partial charge in [0.15, 0.2) is 0 Å². The van der Waals surface area contributed by atoms with Gasteiger partial charge in [0, 0.05) is 17.7 Å². The number of carbonyl (C=O) groups is 2. The molecule has 0 aliphatic carbocycles. The molecule has 2 aromatic rings. The van der Waals surface area contributed by atoms with E-state index in [2.05, 4.69) is 51.6 Å². The van der Waals surface area contributed by atoms with Gasteiger partial charge < -0.3 is 15.5 Å². The summed E-state index contributed by atoms with van der Waals surface area (Å²) >= 11 is 0. The number of nitrogens with one attached hydrogen (secondary N) is 3. The van der Waals surface area contributed by atoms with Crippen LogP contribution in [-0.2, 0) is 23.3 Å². The molecule has 156 valence electrons. The molecule has 29 heavy (non-hydrogen) atoms. The maximum absolute atomic E-state index is 12.5. The number of hydrogen-bond donors (Lipinski definition) is 3. The zero-order valence-electron chi connectivity index (χ0n) is 18.4. The third kappa shape index (κ3) is 6.71. The van der Waals surface area contributed by atoms with Gasteiger partial charge in [0.05, 0.1) is 14.1 Å². The van der Waals surface area contributed by atoms with E-state index in [-0.39, 0.29) is 17.2 Å². The Hall–Kier alpha value is -2.66. The van der Waals surface area contributed by atoms with Gasteiger partial charge in [-0.25, -0.2) is 0 Å². The number of rotatable bonds is 7. The van der Waals surface area contributed by atoms with E-state index < -0.39 is 6.04 Å². The highest BCUT2D eigenvalue weighted by molar-refractivity contribution is 5.97. The lowest BCUT2D eigenvalue weighted by molar-refractivity contribution is -0.872. The van der Waals surface area contributed by atoms with Gasteiger partial charge in [0.25, 0.3) is 5.91 Å². The molecule has 2 aromatic carbocycles. The van der Waals surface area contributed by atoms with Gasteiger partial charge in [-0.15, -0.1) is 0 Å². The molecule has 1 atom stereocenters. The van der Waals surface area contributed by atoms with Crippen molar-refractivity contribution in [1.82, 2.24) is 10.6 Å². The average molecular weight is 397 g/mol. The Morgan fingerprint density at radius 1 is 0.966 bits per heavy atom. The van der Waals surface area contributed by atoms with Gasteiger partial charge >= 0.3 is 0 Å². The third-order valence-electron chi connectivity index (χ3n) is 4.87. The van der Waals surface area contributed by atoms with Crippen LogP contribution in [0.25, 0.3) is 0 Å². The summed E-state index contributed by atoms with van der Waals surface area (Å²) in [5, 5.41) is 5.72. The van der Waals surface area contributed by atoms with Crippen LogP contribution in [0.3, 0.4) is 0 Å². The Labute approximate surface area is 174 Å². The van der Waals surface area contributed by atoms with Gasteiger partial charge in [-0.2, -0.15) is 0 Å². The minimum Gasteiger partial charge on any atom is -0.350 e. The largest absolute Gasteiger partial charge is 0.350 e. The maximum Gasteiger partial charge on any atom is 0.251 e. The molecular formula is C24H34N3O2+. The van der Waals surface area contributed by atoms with E-state index in [0.29, 0.717) is 12.1 Å². The SMILES string of the molecule is C[C@@H](NC(=O)c1ccc(C(C)(C)C)cc1)C(=O)NCc1ccccc1C[NH+](C)C. The van der Waals surface area contributed by atoms with Crippen LogP contribution in [0.4, 0.5) is 0 Å². The van der Waals surface area contributed by atoms with Gasteiger partial charge in [-0.1, -0.05) is 57.2 Å². The lowest BCUT2D eigenvalue weighted by Crippen LogP contribution is -3.04. The summed E-state index contributed by atoms with van der Waals surface area (Å²) in [6, 6.07) is 15.0. The second-order valence-electron chi connectivity index (χ2n) is 8.89. The maximum atomic E-state index is 12.5. The molecule has 0 saturated heterocycles. The van der Waals surface area contributed by atoms with Crippen molar-refractivity contribution < 1.29 is 14.5 Å². The highest BCUT2D eigenvalue weighted by atomic mass is 16.2. The van der Waals surface area contributed by atoms with Crippen LogP contribution in [0.2, 0.25) is 0 Å². The van der Waals surface area contributed by atoms with Crippen molar-refractivity contribution in [3.8, 4) is 0 Å². The van der Waals surface area contributed by atoms with E-state index in [9.17, 15) is 9.59 Å². The number of quaternary nitrogens is 1. The third-order valence-corrected chi connectivity index (χ3v) is 4.87. The number of carbonyl (C=O) groups excluding carboxylic acids is 2. The molecule has 0 aliphatic rings. The van der Waals surface area contributed by atoms with Crippen LogP contribution in [0.15, 0.2) is 48.5 Å². The summed E-state index contributed by atoms with van der Waals surface area (Å²) in [6.45, 7) is 9.43. The minimum absolute atomic E-state index is 0.0343. The van der Waals surface area contributed by atoms with Crippen molar-refractivity contribution in [3.63, 3.8) is 0 Å². The summed E-state index contributed by atoms with van der Waals surface area (Å²) in [4.78, 5) is 26.3. The second kappa shape index (κ2) is 9.70. The molecule has 2 rings (SSSR count). The normalized spacial score (nSPS) is 12.5. The van der Waals surface area contributed by atoms with E-state index in [1.54, 1.807) is 19.1 Å². The number of hydrogen-bond acceptors (Lipinski definition) is 2. The smallest absolute Gasteiger partial charge is 0.251 e. The van der Waals surface area contributed by atoms with E-state index in [1.165, 1.54) is 10.5 Å². The van der Waals surface area contributed by atoms with Crippen LogP contribution < -0.4 is 15.5 Å². The number of benzene rings is 2. The second-order valence-corrected chi connectivity index (χ2v) is 8.89. The fourth-order valence-electron chi connectivity index (χ4n) is 3.09. The molecule has 0 aromatic heterocycles. The molecule has 0 unspecified atom stereocenters. The molecular weight excluding hydrogens is 362 g/mol. The summed E-state index contributed by atoms with van der Waals surface area (Å²) in [5.41, 5.74) is 4.06. The molecule has 3 N–H and O–H groups in total. The molecule has 5 nitrogen and oxygen atoms in total. The van der Waals surface area contributed by atoms with Crippen LogP contribution in [0, 0.1) is 0 Å². The summed E-state index contributed by atoms with van der Waals surface area (Å²) in [7, 11) is 4.20. The van der Waals surface area contributed by atoms with Gasteiger partial charge in [0.1, 0.15) is 12.6 Å². The molecule has 2 amide bonds. The molecule has 0 radical (unpaired) electrons. The van der Waals surface area contributed by atoms with Crippen LogP contribution >= 0.6 is 0 Å². The zero-order valence-corrected chi connectivity index (χ0v) is 18.4. The fraction of sp³-hybridized carbons (Fsp3) is 0.417. The predicted molar refractivity (Wildman–Crippen MR) is 117 cm³/mol. The summed E-state index contributed by atoms with van der Waals surface area (Å²) in [6.07, 6.45) is 0. The van der Waals surface area contributed by atoms with E-state index in [0.717, 1.165) is 17.7 Å². The number of amides is 2. The first kappa shape index (κ1) is 22.6. The van der Waals surface area contributed by atoms with E-state index in [4.69, 9.17) is 0 Å². The zero-order chi connectivity index (χ0) is 21.6. The molecule has 0 bridgehead atoms. The van der Waals surface area contributed by atoms with Crippen LogP contribution in [0.1, 0.15) is 54.7 Å². The standard InChI is InChI=1S/C24H33N3O2/c1-17(26-23(29)18-11-13-21(14-12-18)24(2,3)4)22(28)25-15-19-9-7-8-10-20(19)16-27(5)6/h7-14,17H,15-16H2,1-6H3,(H,25,28)(H,26,29)/p+1/t17-/m1/s1. The van der Waals surface area contributed by atoms with E-state index >= 15 is 0 Å². The Morgan fingerprint density at radius 3 is 2.10 bits per heavy atom. The fourth-order valence-corrected chi connectivity index (χ4v) is 3.09. The molecule has 0 saturated carbocycles. The van der Waals surface area contributed by atoms with Crippen molar-refractivity contribution in [2.45, 2.75) is 52.2 Å². The summed E-state index contributed by atoms with van der Waals surface area (Å²) < 4.78 is 0. The van der Waals surface area contributed by atoms with Gasteiger partial charge in [0.2, 0.25) is 5.91 Å². The van der Waals surface area contributed by atoms with Crippen molar-refractivity contribution in [2.24, 2.45) is 0 Å². The Kier molecular flexibility index (Phi) is 7.57. The van der Waals surface area contributed by atoms with Crippen molar-refractivity contribution in [3.05, 3.63) is 70.8 Å². The Bertz CT molecular complexity index is 836. The molecule has 0 heterocycles. The first-order valence-electron chi connectivity index (χ1n) is 10.1. The Balaban J connectivity index is 1.93. The van der Waals surface area contributed by atoms with Gasteiger partial charge in [-0.3, -0.25) is 9.59 Å². The molecule has 5 heteroatoms. The Morgan fingerprint density at radius 2 is 1.55 bits per heavy atom. The highest BCUT2D eigenvalue weighted by Gasteiger charge is 2.18. The van der Waals surface area contributed by atoms with Crippen LogP contribution in [0.5, 0.6) is 0 Å². The van der Waals surface area contributed by atoms with E-state index in [1.807, 2.05) is 30.3 Å². The molecule has 0 aliphatic heterocycles. The lowest BCUT2D eigenvalue weighted by atomic mass is 9.86. The molecule has 0 fully saturated rings. The van der Waals surface area contributed by atoms with Crippen molar-refractivity contribution in [1.29, 1.82) is 0 Å². The minimum atomic E-state index is -0.614. The first-order valence-corrected chi connectivity index (χ1v) is 10.1. The summed E-state index contributed by atoms with van der Waals surface area (Å²) in [5.74, 6) is -0.443.